The van der Waals surface area contributed by atoms with Crippen LogP contribution in [0.25, 0.3) is 0 Å². The summed E-state index contributed by atoms with van der Waals surface area (Å²) in [6.45, 7) is 5.96. The number of hydrazine groups is 1. The number of hydrogen-bond donors (Lipinski definition) is 2. The zero-order chi connectivity index (χ0) is 25.8. The molecule has 0 saturated carbocycles. The minimum absolute atomic E-state index is 0.158. The Morgan fingerprint density at radius 1 is 1.00 bits per heavy atom. The Morgan fingerprint density at radius 3 is 2.23 bits per heavy atom. The third-order valence-electron chi connectivity index (χ3n) is 6.15. The van der Waals surface area contributed by atoms with Gasteiger partial charge in [0.2, 0.25) is 5.91 Å². The average molecular weight is 492 g/mol. The topological polar surface area (TPSA) is 87.7 Å². The molecule has 1 unspecified atom stereocenters. The number of ether oxygens (including phenoxy) is 1. The van der Waals surface area contributed by atoms with Crippen LogP contribution in [0.4, 0.5) is 13.2 Å². The third kappa shape index (κ3) is 6.52. The number of hydrogen-bond acceptors (Lipinski definition) is 4. The first-order valence-electron chi connectivity index (χ1n) is 11.3. The molecule has 188 valence electrons. The molecule has 1 aliphatic heterocycles. The summed E-state index contributed by atoms with van der Waals surface area (Å²) in [5, 5.41) is 0. The number of carbonyl (C=O) groups excluding carboxylic acids is 3. The lowest BCUT2D eigenvalue weighted by Crippen LogP contribution is -2.51. The fourth-order valence-electron chi connectivity index (χ4n) is 3.75. The van der Waals surface area contributed by atoms with Crippen molar-refractivity contribution in [2.45, 2.75) is 45.9 Å². The normalized spacial score (nSPS) is 15.3. The molecule has 0 spiro atoms. The summed E-state index contributed by atoms with van der Waals surface area (Å²) in [7, 11) is 0. The van der Waals surface area contributed by atoms with E-state index in [1.165, 1.54) is 4.90 Å². The van der Waals surface area contributed by atoms with Gasteiger partial charge < -0.3 is 9.64 Å². The smallest absolute Gasteiger partial charge is 0.416 e. The summed E-state index contributed by atoms with van der Waals surface area (Å²) in [5.74, 6) is -1.09. The molecule has 35 heavy (non-hydrogen) atoms. The van der Waals surface area contributed by atoms with Crippen LogP contribution in [0.1, 0.15) is 46.8 Å². The maximum absolute atomic E-state index is 12.7. The van der Waals surface area contributed by atoms with Gasteiger partial charge in [0.05, 0.1) is 5.56 Å². The molecule has 10 heteroatoms. The fraction of sp³-hybridized carbons (Fsp3) is 0.400. The highest BCUT2D eigenvalue weighted by Crippen LogP contribution is 2.29. The predicted molar refractivity (Wildman–Crippen MR) is 122 cm³/mol. The monoisotopic (exact) mass is 491 g/mol. The van der Waals surface area contributed by atoms with E-state index >= 15 is 0 Å². The van der Waals surface area contributed by atoms with Gasteiger partial charge in [0.15, 0.2) is 6.10 Å². The molecule has 0 aliphatic carbocycles. The van der Waals surface area contributed by atoms with Gasteiger partial charge in [-0.3, -0.25) is 25.2 Å². The zero-order valence-corrected chi connectivity index (χ0v) is 19.7. The first kappa shape index (κ1) is 26.1. The summed E-state index contributed by atoms with van der Waals surface area (Å²) in [6, 6.07) is 9.60. The highest BCUT2D eigenvalue weighted by atomic mass is 19.4. The van der Waals surface area contributed by atoms with E-state index in [0.29, 0.717) is 18.6 Å². The van der Waals surface area contributed by atoms with Crippen LogP contribution in [0, 0.1) is 19.8 Å². The second-order valence-electron chi connectivity index (χ2n) is 8.58. The maximum Gasteiger partial charge on any atom is 0.416 e. The standard InChI is InChI=1S/C25H28F3N3O4/c1-15-5-4-6-21(16(15)2)35-17(3)22(32)29-30-23(33)18-11-13-31(14-12-18)24(34)19-7-9-20(10-8-19)25(26,27)28/h4-10,17-18H,11-14H2,1-3H3,(H,29,32)(H,30,33). The number of halogens is 3. The quantitative estimate of drug-likeness (QED) is 0.623. The average Bonchev–Trinajstić information content (AvgIpc) is 2.84. The third-order valence-corrected chi connectivity index (χ3v) is 6.15. The van der Waals surface area contributed by atoms with Gasteiger partial charge in [0.25, 0.3) is 11.8 Å². The zero-order valence-electron chi connectivity index (χ0n) is 19.7. The number of nitrogens with one attached hydrogen (secondary N) is 2. The van der Waals surface area contributed by atoms with E-state index in [9.17, 15) is 27.6 Å². The second-order valence-corrected chi connectivity index (χ2v) is 8.58. The Morgan fingerprint density at radius 2 is 1.63 bits per heavy atom. The Bertz CT molecular complexity index is 1080. The minimum atomic E-state index is -4.47. The van der Waals surface area contributed by atoms with Crippen molar-refractivity contribution >= 4 is 17.7 Å². The van der Waals surface area contributed by atoms with Crippen LogP contribution in [-0.2, 0) is 15.8 Å². The number of benzene rings is 2. The molecule has 2 aromatic rings. The number of alkyl halides is 3. The van der Waals surface area contributed by atoms with Gasteiger partial charge in [-0.2, -0.15) is 13.2 Å². The molecule has 0 aromatic heterocycles. The Labute approximate surface area is 201 Å². The number of aryl methyl sites for hydroxylation is 1. The summed E-state index contributed by atoms with van der Waals surface area (Å²) in [5.41, 5.74) is 6.09. The van der Waals surface area contributed by atoms with Gasteiger partial charge in [-0.05, 0) is 75.1 Å². The van der Waals surface area contributed by atoms with Gasteiger partial charge >= 0.3 is 6.18 Å². The Kier molecular flexibility index (Phi) is 8.03. The molecule has 2 aromatic carbocycles. The Hall–Kier alpha value is -3.56. The van der Waals surface area contributed by atoms with Crippen LogP contribution in [0.5, 0.6) is 5.75 Å². The number of rotatable bonds is 5. The summed E-state index contributed by atoms with van der Waals surface area (Å²) >= 11 is 0. The molecule has 1 heterocycles. The summed E-state index contributed by atoms with van der Waals surface area (Å²) in [6.07, 6.45) is -4.57. The number of nitrogens with zero attached hydrogens (tertiary/aromatic N) is 1. The van der Waals surface area contributed by atoms with E-state index in [2.05, 4.69) is 10.9 Å². The largest absolute Gasteiger partial charge is 0.481 e. The summed E-state index contributed by atoms with van der Waals surface area (Å²) in [4.78, 5) is 38.9. The van der Waals surface area contributed by atoms with E-state index in [1.807, 2.05) is 26.0 Å². The van der Waals surface area contributed by atoms with Crippen LogP contribution in [0.2, 0.25) is 0 Å². The lowest BCUT2D eigenvalue weighted by Gasteiger charge is -2.31. The van der Waals surface area contributed by atoms with Gasteiger partial charge in [-0.1, -0.05) is 12.1 Å². The predicted octanol–water partition coefficient (Wildman–Crippen LogP) is 3.79. The van der Waals surface area contributed by atoms with Crippen LogP contribution < -0.4 is 15.6 Å². The molecule has 3 amide bonds. The second kappa shape index (κ2) is 10.8. The maximum atomic E-state index is 12.7. The number of amides is 3. The molecule has 1 aliphatic rings. The number of piperidine rings is 1. The molecule has 1 saturated heterocycles. The van der Waals surface area contributed by atoms with E-state index < -0.39 is 29.7 Å². The molecule has 3 rings (SSSR count). The van der Waals surface area contributed by atoms with Gasteiger partial charge in [0, 0.05) is 24.6 Å². The fourth-order valence-corrected chi connectivity index (χ4v) is 3.75. The van der Waals surface area contributed by atoms with Crippen molar-refractivity contribution in [3.8, 4) is 5.75 Å². The van der Waals surface area contributed by atoms with E-state index in [0.717, 1.165) is 35.4 Å². The van der Waals surface area contributed by atoms with Crippen molar-refractivity contribution in [2.24, 2.45) is 5.92 Å². The van der Waals surface area contributed by atoms with Crippen LogP contribution in [0.3, 0.4) is 0 Å². The number of carbonyl (C=O) groups is 3. The molecular formula is C25H28F3N3O4. The van der Waals surface area contributed by atoms with Gasteiger partial charge in [-0.25, -0.2) is 0 Å². The highest BCUT2D eigenvalue weighted by Gasteiger charge is 2.31. The molecule has 0 radical (unpaired) electrons. The van der Waals surface area contributed by atoms with Crippen LogP contribution in [-0.4, -0.2) is 41.8 Å². The van der Waals surface area contributed by atoms with Crippen molar-refractivity contribution in [1.82, 2.24) is 15.8 Å². The van der Waals surface area contributed by atoms with Crippen LogP contribution in [0.15, 0.2) is 42.5 Å². The Balaban J connectivity index is 1.45. The number of likely N-dealkylation sites (tertiary alicyclic amines) is 1. The SMILES string of the molecule is Cc1cccc(OC(C)C(=O)NNC(=O)C2CCN(C(=O)c3ccc(C(F)(F)F)cc3)CC2)c1C. The van der Waals surface area contributed by atoms with E-state index in [-0.39, 0.29) is 30.5 Å². The molecule has 2 N–H and O–H groups in total. The molecular weight excluding hydrogens is 463 g/mol. The van der Waals surface area contributed by atoms with Crippen molar-refractivity contribution in [3.63, 3.8) is 0 Å². The van der Waals surface area contributed by atoms with Crippen molar-refractivity contribution in [1.29, 1.82) is 0 Å². The van der Waals surface area contributed by atoms with E-state index in [1.54, 1.807) is 13.0 Å². The first-order valence-corrected chi connectivity index (χ1v) is 11.3. The minimum Gasteiger partial charge on any atom is -0.481 e. The molecule has 1 atom stereocenters. The van der Waals surface area contributed by atoms with Crippen molar-refractivity contribution < 1.29 is 32.3 Å². The molecule has 0 bridgehead atoms. The lowest BCUT2D eigenvalue weighted by molar-refractivity contribution is -0.137. The summed E-state index contributed by atoms with van der Waals surface area (Å²) < 4.78 is 43.8. The van der Waals surface area contributed by atoms with Crippen LogP contribution >= 0.6 is 0 Å². The molecule has 7 nitrogen and oxygen atoms in total. The van der Waals surface area contributed by atoms with E-state index in [4.69, 9.17) is 4.74 Å². The highest BCUT2D eigenvalue weighted by molar-refractivity contribution is 5.94. The molecule has 1 fully saturated rings. The lowest BCUT2D eigenvalue weighted by atomic mass is 9.95. The van der Waals surface area contributed by atoms with Gasteiger partial charge in [0.1, 0.15) is 5.75 Å². The van der Waals surface area contributed by atoms with Crippen molar-refractivity contribution in [3.05, 3.63) is 64.7 Å². The van der Waals surface area contributed by atoms with Crippen molar-refractivity contribution in [2.75, 3.05) is 13.1 Å². The van der Waals surface area contributed by atoms with Gasteiger partial charge in [-0.15, -0.1) is 0 Å². The first-order chi connectivity index (χ1) is 16.5.